The highest BCUT2D eigenvalue weighted by atomic mass is 19.1. The van der Waals surface area contributed by atoms with Gasteiger partial charge in [-0.25, -0.2) is 4.39 Å². The molecule has 0 saturated carbocycles. The van der Waals surface area contributed by atoms with E-state index in [4.69, 9.17) is 0 Å². The number of halogens is 1. The van der Waals surface area contributed by atoms with Gasteiger partial charge in [-0.2, -0.15) is 0 Å². The molecule has 1 heterocycles. The number of carbonyl (C=O) groups excluding carboxylic acids is 1. The predicted octanol–water partition coefficient (Wildman–Crippen LogP) is 2.92. The maximum absolute atomic E-state index is 13.7. The molecule has 0 unspecified atom stereocenters. The number of hydrogen-bond donors (Lipinski definition) is 2. The fourth-order valence-corrected chi connectivity index (χ4v) is 2.83. The minimum absolute atomic E-state index is 0.0890. The van der Waals surface area contributed by atoms with E-state index in [-0.39, 0.29) is 16.8 Å². The minimum atomic E-state index is -0.412. The molecule has 0 fully saturated rings. The van der Waals surface area contributed by atoms with Crippen molar-refractivity contribution in [2.24, 2.45) is 0 Å². The van der Waals surface area contributed by atoms with Gasteiger partial charge in [-0.05, 0) is 30.7 Å². The van der Waals surface area contributed by atoms with Gasteiger partial charge in [0.2, 0.25) is 5.43 Å². The number of fused-ring (bicyclic) bond motifs is 1. The van der Waals surface area contributed by atoms with Crippen molar-refractivity contribution < 1.29 is 9.18 Å². The number of para-hydroxylation sites is 2. The van der Waals surface area contributed by atoms with E-state index >= 15 is 0 Å². The van der Waals surface area contributed by atoms with Gasteiger partial charge in [-0.1, -0.05) is 24.3 Å². The lowest BCUT2D eigenvalue weighted by Gasteiger charge is -2.19. The van der Waals surface area contributed by atoms with Crippen LogP contribution >= 0.6 is 0 Å². The summed E-state index contributed by atoms with van der Waals surface area (Å²) in [6.07, 6.45) is 2.06. The standard InChI is InChI=1S/C20H20FN3O2/c1-24(18-10-5-3-8-16(18)21)12-6-11-22-20(26)15-13-23-17-9-4-2-7-14(17)19(15)25/h2-5,7-10,13H,6,11-12H2,1H3,(H,22,26)(H,23,25). The smallest absolute Gasteiger partial charge is 0.256 e. The molecular formula is C20H20FN3O2. The molecule has 0 aliphatic heterocycles. The Hall–Kier alpha value is -3.15. The van der Waals surface area contributed by atoms with Crippen LogP contribution in [0.15, 0.2) is 59.5 Å². The zero-order valence-corrected chi connectivity index (χ0v) is 14.5. The average molecular weight is 353 g/mol. The van der Waals surface area contributed by atoms with E-state index in [1.165, 1.54) is 12.3 Å². The monoisotopic (exact) mass is 353 g/mol. The van der Waals surface area contributed by atoms with E-state index in [2.05, 4.69) is 10.3 Å². The third-order valence-corrected chi connectivity index (χ3v) is 4.25. The van der Waals surface area contributed by atoms with Crippen LogP contribution in [0.4, 0.5) is 10.1 Å². The number of carbonyl (C=O) groups is 1. The van der Waals surface area contributed by atoms with Crippen molar-refractivity contribution >= 4 is 22.5 Å². The van der Waals surface area contributed by atoms with Crippen LogP contribution in [0.1, 0.15) is 16.8 Å². The number of nitrogens with zero attached hydrogens (tertiary/aromatic N) is 1. The van der Waals surface area contributed by atoms with Gasteiger partial charge in [0, 0.05) is 37.2 Å². The van der Waals surface area contributed by atoms with Crippen molar-refractivity contribution in [2.75, 3.05) is 25.0 Å². The highest BCUT2D eigenvalue weighted by Crippen LogP contribution is 2.16. The summed E-state index contributed by atoms with van der Waals surface area (Å²) in [6.45, 7) is 0.971. The van der Waals surface area contributed by atoms with Gasteiger partial charge < -0.3 is 15.2 Å². The molecule has 134 valence electrons. The summed E-state index contributed by atoms with van der Waals surface area (Å²) in [4.78, 5) is 29.4. The normalized spacial score (nSPS) is 10.7. The fourth-order valence-electron chi connectivity index (χ4n) is 2.83. The van der Waals surface area contributed by atoms with Crippen LogP contribution in [0.25, 0.3) is 10.9 Å². The first-order valence-corrected chi connectivity index (χ1v) is 8.42. The molecule has 26 heavy (non-hydrogen) atoms. The largest absolute Gasteiger partial charge is 0.372 e. The number of aromatic amines is 1. The van der Waals surface area contributed by atoms with E-state index < -0.39 is 5.91 Å². The summed E-state index contributed by atoms with van der Waals surface area (Å²) in [5, 5.41) is 3.23. The number of amides is 1. The number of aromatic nitrogens is 1. The molecule has 3 rings (SSSR count). The maximum atomic E-state index is 13.7. The first-order valence-electron chi connectivity index (χ1n) is 8.42. The van der Waals surface area contributed by atoms with Gasteiger partial charge in [-0.15, -0.1) is 0 Å². The lowest BCUT2D eigenvalue weighted by molar-refractivity contribution is 0.0952. The van der Waals surface area contributed by atoms with Crippen LogP contribution in [0.2, 0.25) is 0 Å². The zero-order chi connectivity index (χ0) is 18.5. The molecule has 0 saturated heterocycles. The van der Waals surface area contributed by atoms with Crippen LogP contribution < -0.4 is 15.6 Å². The Bertz CT molecular complexity index is 984. The number of benzene rings is 2. The highest BCUT2D eigenvalue weighted by Gasteiger charge is 2.12. The molecular weight excluding hydrogens is 333 g/mol. The third-order valence-electron chi connectivity index (χ3n) is 4.25. The van der Waals surface area contributed by atoms with Crippen molar-refractivity contribution in [3.05, 3.63) is 76.3 Å². The Morgan fingerprint density at radius 3 is 2.69 bits per heavy atom. The van der Waals surface area contributed by atoms with E-state index in [0.29, 0.717) is 36.1 Å². The van der Waals surface area contributed by atoms with Crippen molar-refractivity contribution in [3.63, 3.8) is 0 Å². The predicted molar refractivity (Wildman–Crippen MR) is 101 cm³/mol. The van der Waals surface area contributed by atoms with Gasteiger partial charge in [0.05, 0.1) is 5.69 Å². The van der Waals surface area contributed by atoms with Gasteiger partial charge in [-0.3, -0.25) is 9.59 Å². The van der Waals surface area contributed by atoms with Crippen LogP contribution in [0.3, 0.4) is 0 Å². The van der Waals surface area contributed by atoms with Gasteiger partial charge in [0.15, 0.2) is 0 Å². The lowest BCUT2D eigenvalue weighted by atomic mass is 10.1. The Morgan fingerprint density at radius 1 is 1.15 bits per heavy atom. The van der Waals surface area contributed by atoms with Crippen molar-refractivity contribution in [2.45, 2.75) is 6.42 Å². The second-order valence-electron chi connectivity index (χ2n) is 6.06. The van der Waals surface area contributed by atoms with Crippen LogP contribution in [0, 0.1) is 5.82 Å². The third kappa shape index (κ3) is 3.74. The molecule has 3 aromatic rings. The first kappa shape index (κ1) is 17.7. The minimum Gasteiger partial charge on any atom is -0.372 e. The topological polar surface area (TPSA) is 65.2 Å². The number of rotatable bonds is 6. The van der Waals surface area contributed by atoms with Crippen molar-refractivity contribution in [1.29, 1.82) is 0 Å². The van der Waals surface area contributed by atoms with Crippen LogP contribution in [-0.4, -0.2) is 31.0 Å². The molecule has 0 aliphatic rings. The number of H-pyrrole nitrogens is 1. The van der Waals surface area contributed by atoms with Gasteiger partial charge in [0.25, 0.3) is 5.91 Å². The molecule has 0 bridgehead atoms. The van der Waals surface area contributed by atoms with E-state index in [1.807, 2.05) is 6.07 Å². The number of hydrogen-bond acceptors (Lipinski definition) is 3. The molecule has 0 spiro atoms. The van der Waals surface area contributed by atoms with E-state index in [9.17, 15) is 14.0 Å². The SMILES string of the molecule is CN(CCCNC(=O)c1c[nH]c2ccccc2c1=O)c1ccccc1F. The molecule has 5 nitrogen and oxygen atoms in total. The van der Waals surface area contributed by atoms with Crippen LogP contribution in [0.5, 0.6) is 0 Å². The Kier molecular flexibility index (Phi) is 5.31. The van der Waals surface area contributed by atoms with Crippen molar-refractivity contribution in [1.82, 2.24) is 10.3 Å². The van der Waals surface area contributed by atoms with Crippen LogP contribution in [-0.2, 0) is 0 Å². The molecule has 0 radical (unpaired) electrons. The van der Waals surface area contributed by atoms with Gasteiger partial charge >= 0.3 is 0 Å². The van der Waals surface area contributed by atoms with E-state index in [1.54, 1.807) is 48.3 Å². The summed E-state index contributed by atoms with van der Waals surface area (Å²) < 4.78 is 13.7. The molecule has 1 aromatic heterocycles. The summed E-state index contributed by atoms with van der Waals surface area (Å²) in [7, 11) is 1.80. The molecule has 0 aliphatic carbocycles. The summed E-state index contributed by atoms with van der Waals surface area (Å²) >= 11 is 0. The Labute approximate surface area is 150 Å². The summed E-state index contributed by atoms with van der Waals surface area (Å²) in [5.74, 6) is -0.688. The van der Waals surface area contributed by atoms with Crippen molar-refractivity contribution in [3.8, 4) is 0 Å². The lowest BCUT2D eigenvalue weighted by Crippen LogP contribution is -2.31. The quantitative estimate of drug-likeness (QED) is 0.670. The first-order chi connectivity index (χ1) is 12.6. The molecule has 1 amide bonds. The number of nitrogens with one attached hydrogen (secondary N) is 2. The highest BCUT2D eigenvalue weighted by molar-refractivity contribution is 5.97. The summed E-state index contributed by atoms with van der Waals surface area (Å²) in [5.41, 5.74) is 1.01. The van der Waals surface area contributed by atoms with Gasteiger partial charge in [0.1, 0.15) is 11.4 Å². The molecule has 0 atom stereocenters. The summed E-state index contributed by atoms with van der Waals surface area (Å²) in [6, 6.07) is 13.6. The Morgan fingerprint density at radius 2 is 1.88 bits per heavy atom. The number of anilines is 1. The zero-order valence-electron chi connectivity index (χ0n) is 14.5. The maximum Gasteiger partial charge on any atom is 0.256 e. The molecule has 2 N–H and O–H groups in total. The Balaban J connectivity index is 1.57. The van der Waals surface area contributed by atoms with E-state index in [0.717, 1.165) is 0 Å². The molecule has 6 heteroatoms. The molecule has 2 aromatic carbocycles. The second kappa shape index (κ2) is 7.82. The average Bonchev–Trinajstić information content (AvgIpc) is 2.65. The fraction of sp³-hybridized carbons (Fsp3) is 0.200. The second-order valence-corrected chi connectivity index (χ2v) is 6.06. The number of pyridine rings is 1.